The summed E-state index contributed by atoms with van der Waals surface area (Å²) in [6.07, 6.45) is 6.97. The molecule has 0 bridgehead atoms. The summed E-state index contributed by atoms with van der Waals surface area (Å²) < 4.78 is 11.3. The number of anilines is 1. The van der Waals surface area contributed by atoms with Gasteiger partial charge < -0.3 is 19.5 Å². The molecule has 1 unspecified atom stereocenters. The van der Waals surface area contributed by atoms with E-state index < -0.39 is 0 Å². The Morgan fingerprint density at radius 1 is 1.26 bits per heavy atom. The van der Waals surface area contributed by atoms with Crippen molar-refractivity contribution < 1.29 is 14.1 Å². The Morgan fingerprint density at radius 3 is 2.67 bits per heavy atom. The van der Waals surface area contributed by atoms with Gasteiger partial charge in [0.05, 0.1) is 11.3 Å². The van der Waals surface area contributed by atoms with Gasteiger partial charge in [0, 0.05) is 38.1 Å². The van der Waals surface area contributed by atoms with Gasteiger partial charge in [-0.1, -0.05) is 5.16 Å². The summed E-state index contributed by atoms with van der Waals surface area (Å²) >= 11 is 0. The van der Waals surface area contributed by atoms with Crippen LogP contribution in [-0.2, 0) is 4.74 Å². The minimum absolute atomic E-state index is 0.00395. The summed E-state index contributed by atoms with van der Waals surface area (Å²) in [4.78, 5) is 23.2. The first kappa shape index (κ1) is 17.9. The topological polar surface area (TPSA) is 93.4 Å². The molecule has 1 N–H and O–H groups in total. The molecule has 2 aromatic heterocycles. The molecule has 4 rings (SSSR count). The minimum atomic E-state index is -0.180. The summed E-state index contributed by atoms with van der Waals surface area (Å²) in [5.74, 6) is 1.24. The van der Waals surface area contributed by atoms with Crippen LogP contribution in [0.3, 0.4) is 0 Å². The average Bonchev–Trinajstić information content (AvgIpc) is 3.01. The number of carbonyl (C=O) groups excluding carboxylic acids is 1. The van der Waals surface area contributed by atoms with Gasteiger partial charge in [0.1, 0.15) is 11.3 Å². The molecule has 2 fully saturated rings. The van der Waals surface area contributed by atoms with Crippen molar-refractivity contribution in [2.75, 3.05) is 25.0 Å². The maximum absolute atomic E-state index is 12.8. The summed E-state index contributed by atoms with van der Waals surface area (Å²) in [6.45, 7) is 5.66. The Bertz CT molecular complexity index is 779. The second kappa shape index (κ2) is 7.26. The number of hydrogen-bond donors (Lipinski definition) is 1. The van der Waals surface area contributed by atoms with Gasteiger partial charge in [-0.15, -0.1) is 0 Å². The molecule has 0 aromatic carbocycles. The molecule has 2 aliphatic heterocycles. The van der Waals surface area contributed by atoms with E-state index in [0.717, 1.165) is 25.7 Å². The highest BCUT2D eigenvalue weighted by Gasteiger charge is 2.42. The summed E-state index contributed by atoms with van der Waals surface area (Å²) in [5, 5.41) is 7.32. The van der Waals surface area contributed by atoms with Crippen LogP contribution in [0.5, 0.6) is 0 Å². The number of piperidine rings is 1. The quantitative estimate of drug-likeness (QED) is 0.885. The Kier molecular flexibility index (Phi) is 4.82. The van der Waals surface area contributed by atoms with Crippen molar-refractivity contribution in [1.29, 1.82) is 0 Å². The zero-order chi connectivity index (χ0) is 18.9. The second-order valence-electron chi connectivity index (χ2n) is 7.43. The fraction of sp³-hybridized carbons (Fsp3) is 0.579. The number of nitrogens with zero attached hydrogens (tertiary/aromatic N) is 4. The van der Waals surface area contributed by atoms with Crippen LogP contribution in [-0.4, -0.2) is 57.3 Å². The van der Waals surface area contributed by atoms with E-state index in [4.69, 9.17) is 9.26 Å². The molecule has 8 heteroatoms. The van der Waals surface area contributed by atoms with Crippen LogP contribution < -0.4 is 5.32 Å². The van der Waals surface area contributed by atoms with E-state index in [-0.39, 0.29) is 17.6 Å². The highest BCUT2D eigenvalue weighted by Crippen LogP contribution is 2.36. The predicted molar refractivity (Wildman–Crippen MR) is 98.5 cm³/mol. The van der Waals surface area contributed by atoms with Crippen molar-refractivity contribution in [1.82, 2.24) is 20.0 Å². The SMILES string of the molecule is Cc1noc(C)c1C(=O)N1CCC2(CC1)CC(Nc1ncccn1)CCO2. The van der Waals surface area contributed by atoms with E-state index >= 15 is 0 Å². The highest BCUT2D eigenvalue weighted by molar-refractivity contribution is 5.96. The molecule has 2 aromatic rings. The van der Waals surface area contributed by atoms with Crippen LogP contribution in [0, 0.1) is 13.8 Å². The van der Waals surface area contributed by atoms with Crippen LogP contribution in [0.1, 0.15) is 47.5 Å². The molecule has 2 aliphatic rings. The number of likely N-dealkylation sites (tertiary alicyclic amines) is 1. The van der Waals surface area contributed by atoms with Crippen LogP contribution >= 0.6 is 0 Å². The van der Waals surface area contributed by atoms with Crippen molar-refractivity contribution in [3.8, 4) is 0 Å². The second-order valence-corrected chi connectivity index (χ2v) is 7.43. The lowest BCUT2D eigenvalue weighted by atomic mass is 9.82. The number of nitrogens with one attached hydrogen (secondary N) is 1. The lowest BCUT2D eigenvalue weighted by Crippen LogP contribution is -2.52. The third kappa shape index (κ3) is 3.66. The first-order chi connectivity index (χ1) is 13.1. The lowest BCUT2D eigenvalue weighted by Gasteiger charge is -2.46. The van der Waals surface area contributed by atoms with E-state index in [0.29, 0.717) is 42.7 Å². The van der Waals surface area contributed by atoms with Crippen LogP contribution in [0.15, 0.2) is 23.0 Å². The summed E-state index contributed by atoms with van der Waals surface area (Å²) in [7, 11) is 0. The zero-order valence-electron chi connectivity index (χ0n) is 15.8. The molecule has 0 aliphatic carbocycles. The molecule has 2 saturated heterocycles. The molecule has 0 saturated carbocycles. The summed E-state index contributed by atoms with van der Waals surface area (Å²) in [6, 6.07) is 2.09. The van der Waals surface area contributed by atoms with Gasteiger partial charge in [0.25, 0.3) is 5.91 Å². The molecular formula is C19H25N5O3. The van der Waals surface area contributed by atoms with Gasteiger partial charge in [-0.25, -0.2) is 9.97 Å². The smallest absolute Gasteiger partial charge is 0.259 e. The Hall–Kier alpha value is -2.48. The molecule has 8 nitrogen and oxygen atoms in total. The van der Waals surface area contributed by atoms with E-state index in [1.807, 2.05) is 11.0 Å². The minimum Gasteiger partial charge on any atom is -0.375 e. The van der Waals surface area contributed by atoms with Crippen LogP contribution in [0.2, 0.25) is 0 Å². The Morgan fingerprint density at radius 2 is 2.00 bits per heavy atom. The van der Waals surface area contributed by atoms with Crippen molar-refractivity contribution in [2.24, 2.45) is 0 Å². The lowest BCUT2D eigenvalue weighted by molar-refractivity contribution is -0.110. The number of carbonyl (C=O) groups is 1. The van der Waals surface area contributed by atoms with Gasteiger partial charge in [0.15, 0.2) is 0 Å². The van der Waals surface area contributed by atoms with Gasteiger partial charge in [0.2, 0.25) is 5.95 Å². The van der Waals surface area contributed by atoms with Gasteiger partial charge in [-0.3, -0.25) is 4.79 Å². The molecule has 144 valence electrons. The molecule has 1 spiro atoms. The third-order valence-electron chi connectivity index (χ3n) is 5.60. The number of ether oxygens (including phenoxy) is 1. The van der Waals surface area contributed by atoms with Crippen LogP contribution in [0.25, 0.3) is 0 Å². The summed E-state index contributed by atoms with van der Waals surface area (Å²) in [5.41, 5.74) is 1.07. The van der Waals surface area contributed by atoms with Gasteiger partial charge >= 0.3 is 0 Å². The normalized spacial score (nSPS) is 22.0. The maximum atomic E-state index is 12.8. The van der Waals surface area contributed by atoms with Crippen molar-refractivity contribution in [3.05, 3.63) is 35.5 Å². The van der Waals surface area contributed by atoms with Crippen molar-refractivity contribution >= 4 is 11.9 Å². The van der Waals surface area contributed by atoms with E-state index in [1.54, 1.807) is 26.2 Å². The van der Waals surface area contributed by atoms with E-state index in [2.05, 4.69) is 20.4 Å². The first-order valence-corrected chi connectivity index (χ1v) is 9.46. The monoisotopic (exact) mass is 371 g/mol. The molecule has 4 heterocycles. The molecular weight excluding hydrogens is 346 g/mol. The zero-order valence-corrected chi connectivity index (χ0v) is 15.8. The van der Waals surface area contributed by atoms with E-state index in [9.17, 15) is 4.79 Å². The third-order valence-corrected chi connectivity index (χ3v) is 5.60. The van der Waals surface area contributed by atoms with E-state index in [1.165, 1.54) is 0 Å². The molecule has 27 heavy (non-hydrogen) atoms. The largest absolute Gasteiger partial charge is 0.375 e. The molecule has 0 radical (unpaired) electrons. The first-order valence-electron chi connectivity index (χ1n) is 9.46. The number of amides is 1. The number of aromatic nitrogens is 3. The van der Waals surface area contributed by atoms with Gasteiger partial charge in [-0.05, 0) is 45.6 Å². The van der Waals surface area contributed by atoms with Gasteiger partial charge in [-0.2, -0.15) is 0 Å². The fourth-order valence-electron chi connectivity index (χ4n) is 4.12. The Balaban J connectivity index is 1.38. The average molecular weight is 371 g/mol. The fourth-order valence-corrected chi connectivity index (χ4v) is 4.12. The number of rotatable bonds is 3. The maximum Gasteiger partial charge on any atom is 0.259 e. The highest BCUT2D eigenvalue weighted by atomic mass is 16.5. The predicted octanol–water partition coefficient (Wildman–Crippen LogP) is 2.35. The Labute approximate surface area is 158 Å². The molecule has 1 atom stereocenters. The molecule has 1 amide bonds. The standard InChI is InChI=1S/C19H25N5O3/c1-13-16(14(2)27-23-13)17(25)24-9-5-19(6-10-24)12-15(4-11-26-19)22-18-20-7-3-8-21-18/h3,7-8,15H,4-6,9-12H2,1-2H3,(H,20,21,22). The van der Waals surface area contributed by atoms with Crippen LogP contribution in [0.4, 0.5) is 5.95 Å². The number of aryl methyl sites for hydroxylation is 2. The van der Waals surface area contributed by atoms with Crippen molar-refractivity contribution in [2.45, 2.75) is 51.2 Å². The number of hydrogen-bond acceptors (Lipinski definition) is 7. The van der Waals surface area contributed by atoms with Crippen molar-refractivity contribution in [3.63, 3.8) is 0 Å².